The summed E-state index contributed by atoms with van der Waals surface area (Å²) in [4.78, 5) is 38.3. The van der Waals surface area contributed by atoms with Crippen LogP contribution >= 0.6 is 0 Å². The first-order valence-electron chi connectivity index (χ1n) is 33.5. The number of carbonyl (C=O) groups is 3. The topological polar surface area (TPSA) is 78.9 Å². The van der Waals surface area contributed by atoms with Crippen LogP contribution in [0.4, 0.5) is 0 Å². The van der Waals surface area contributed by atoms with E-state index in [0.717, 1.165) is 77.0 Å². The van der Waals surface area contributed by atoms with Gasteiger partial charge in [0, 0.05) is 19.3 Å². The molecule has 0 aromatic carbocycles. The summed E-state index contributed by atoms with van der Waals surface area (Å²) in [6.45, 7) is 6.65. The fourth-order valence-corrected chi connectivity index (χ4v) is 10.0. The van der Waals surface area contributed by atoms with Gasteiger partial charge in [0.15, 0.2) is 6.10 Å². The molecular weight excluding hydrogens is 925 g/mol. The van der Waals surface area contributed by atoms with Gasteiger partial charge in [0.25, 0.3) is 0 Å². The number of hydrogen-bond acceptors (Lipinski definition) is 6. The molecule has 0 aliphatic heterocycles. The van der Waals surface area contributed by atoms with Crippen LogP contribution in [-0.2, 0) is 28.6 Å². The van der Waals surface area contributed by atoms with Crippen molar-refractivity contribution in [2.75, 3.05) is 13.2 Å². The van der Waals surface area contributed by atoms with E-state index in [2.05, 4.69) is 57.2 Å². The number of esters is 3. The van der Waals surface area contributed by atoms with Crippen molar-refractivity contribution in [1.29, 1.82) is 0 Å². The lowest BCUT2D eigenvalue weighted by atomic mass is 10.0. The van der Waals surface area contributed by atoms with Gasteiger partial charge in [0.05, 0.1) is 0 Å². The van der Waals surface area contributed by atoms with Crippen LogP contribution in [0.5, 0.6) is 0 Å². The zero-order valence-electron chi connectivity index (χ0n) is 50.6. The molecule has 0 spiro atoms. The Balaban J connectivity index is 4.25. The number of unbranched alkanes of at least 4 members (excludes halogenated alkanes) is 45. The smallest absolute Gasteiger partial charge is 0.306 e. The Hall–Kier alpha value is -2.37. The van der Waals surface area contributed by atoms with Crippen molar-refractivity contribution < 1.29 is 28.6 Å². The maximum atomic E-state index is 12.9. The van der Waals surface area contributed by atoms with E-state index in [-0.39, 0.29) is 31.1 Å². The van der Waals surface area contributed by atoms with Gasteiger partial charge in [-0.2, -0.15) is 0 Å². The lowest BCUT2D eigenvalue weighted by Gasteiger charge is -2.18. The Morgan fingerprint density at radius 2 is 0.493 bits per heavy atom. The third kappa shape index (κ3) is 62.4. The van der Waals surface area contributed by atoms with Gasteiger partial charge >= 0.3 is 17.9 Å². The number of rotatable bonds is 62. The van der Waals surface area contributed by atoms with Crippen LogP contribution in [0.2, 0.25) is 0 Å². The summed E-state index contributed by atoms with van der Waals surface area (Å²) >= 11 is 0. The molecule has 75 heavy (non-hydrogen) atoms. The summed E-state index contributed by atoms with van der Waals surface area (Å²) in [7, 11) is 0. The Kier molecular flexibility index (Phi) is 62.1. The average molecular weight is 1050 g/mol. The Morgan fingerprint density at radius 1 is 0.267 bits per heavy atom. The molecule has 0 fully saturated rings. The quantitative estimate of drug-likeness (QED) is 0.0261. The number of hydrogen-bond donors (Lipinski definition) is 0. The zero-order chi connectivity index (χ0) is 54.3. The maximum Gasteiger partial charge on any atom is 0.306 e. The zero-order valence-corrected chi connectivity index (χ0v) is 50.6. The average Bonchev–Trinajstić information content (AvgIpc) is 3.41. The van der Waals surface area contributed by atoms with Crippen LogP contribution < -0.4 is 0 Å². The van der Waals surface area contributed by atoms with Crippen LogP contribution in [0, 0.1) is 0 Å². The first kappa shape index (κ1) is 72.6. The fraction of sp³-hybridized carbons (Fsp3) is 0.870. The van der Waals surface area contributed by atoms with Gasteiger partial charge in [0.2, 0.25) is 0 Å². The molecule has 0 rings (SSSR count). The van der Waals surface area contributed by atoms with Crippen LogP contribution in [0.25, 0.3) is 0 Å². The standard InChI is InChI=1S/C69H128O6/c1-4-7-10-13-16-19-22-25-28-30-32-33-34-35-36-37-38-40-41-44-47-50-53-56-59-62-68(71)74-65-66(64-73-67(70)61-58-55-52-49-46-43-27-24-21-18-15-12-9-6-3)75-69(72)63-60-57-54-51-48-45-42-39-31-29-26-23-20-17-14-11-8-5-2/h15,18,24,27,30,32,66H,4-14,16-17,19-23,25-26,28-29,31,33-65H2,1-3H3/b18-15-,27-24-,32-30-. The lowest BCUT2D eigenvalue weighted by molar-refractivity contribution is -0.167. The summed E-state index contributed by atoms with van der Waals surface area (Å²) in [6.07, 6.45) is 78.8. The summed E-state index contributed by atoms with van der Waals surface area (Å²) in [5, 5.41) is 0. The van der Waals surface area contributed by atoms with E-state index in [1.54, 1.807) is 0 Å². The summed E-state index contributed by atoms with van der Waals surface area (Å²) < 4.78 is 17.0. The molecule has 0 aliphatic rings. The van der Waals surface area contributed by atoms with Crippen molar-refractivity contribution in [3.05, 3.63) is 36.5 Å². The molecule has 1 atom stereocenters. The summed E-state index contributed by atoms with van der Waals surface area (Å²) in [6, 6.07) is 0. The molecule has 0 amide bonds. The maximum absolute atomic E-state index is 12.9. The minimum absolute atomic E-state index is 0.0721. The van der Waals surface area contributed by atoms with Gasteiger partial charge in [-0.1, -0.05) is 314 Å². The van der Waals surface area contributed by atoms with E-state index in [0.29, 0.717) is 19.3 Å². The predicted molar refractivity (Wildman–Crippen MR) is 326 cm³/mol. The molecular formula is C69H128O6. The van der Waals surface area contributed by atoms with E-state index in [1.165, 1.54) is 250 Å². The molecule has 0 radical (unpaired) electrons. The number of allylic oxidation sites excluding steroid dienone is 6. The normalized spacial score (nSPS) is 12.2. The van der Waals surface area contributed by atoms with Gasteiger partial charge in [0.1, 0.15) is 13.2 Å². The number of carbonyl (C=O) groups excluding carboxylic acids is 3. The van der Waals surface area contributed by atoms with Crippen molar-refractivity contribution in [1.82, 2.24) is 0 Å². The summed E-state index contributed by atoms with van der Waals surface area (Å²) in [5.41, 5.74) is 0. The molecule has 6 nitrogen and oxygen atoms in total. The molecule has 440 valence electrons. The largest absolute Gasteiger partial charge is 0.462 e. The second-order valence-electron chi connectivity index (χ2n) is 22.7. The van der Waals surface area contributed by atoms with E-state index < -0.39 is 6.10 Å². The van der Waals surface area contributed by atoms with Crippen LogP contribution in [0.15, 0.2) is 36.5 Å². The molecule has 0 saturated heterocycles. The second kappa shape index (κ2) is 64.2. The minimum atomic E-state index is -0.776. The van der Waals surface area contributed by atoms with Crippen LogP contribution in [0.3, 0.4) is 0 Å². The van der Waals surface area contributed by atoms with Crippen molar-refractivity contribution in [2.24, 2.45) is 0 Å². The third-order valence-electron chi connectivity index (χ3n) is 15.1. The van der Waals surface area contributed by atoms with Gasteiger partial charge in [-0.3, -0.25) is 14.4 Å². The van der Waals surface area contributed by atoms with E-state index in [1.807, 2.05) is 0 Å². The van der Waals surface area contributed by atoms with Crippen molar-refractivity contribution >= 4 is 17.9 Å². The van der Waals surface area contributed by atoms with Gasteiger partial charge in [-0.05, 0) is 70.6 Å². The van der Waals surface area contributed by atoms with Gasteiger partial charge < -0.3 is 14.2 Å². The van der Waals surface area contributed by atoms with E-state index in [4.69, 9.17) is 14.2 Å². The fourth-order valence-electron chi connectivity index (χ4n) is 10.0. The Bertz CT molecular complexity index is 1250. The second-order valence-corrected chi connectivity index (χ2v) is 22.7. The third-order valence-corrected chi connectivity index (χ3v) is 15.1. The molecule has 6 heteroatoms. The molecule has 0 bridgehead atoms. The Labute approximate surface area is 467 Å². The van der Waals surface area contributed by atoms with Crippen LogP contribution in [-0.4, -0.2) is 37.2 Å². The first-order chi connectivity index (χ1) is 37.0. The Morgan fingerprint density at radius 3 is 0.787 bits per heavy atom. The van der Waals surface area contributed by atoms with Gasteiger partial charge in [-0.25, -0.2) is 0 Å². The SMILES string of the molecule is CCCC/C=C\C/C=C\CCCCCCCC(=O)OCC(COC(=O)CCCCCCCCCCCCCCC/C=C\CCCCCCCCCC)OC(=O)CCCCCCCCCCCCCCCCCCCC. The number of ether oxygens (including phenoxy) is 3. The van der Waals surface area contributed by atoms with Gasteiger partial charge in [-0.15, -0.1) is 0 Å². The van der Waals surface area contributed by atoms with Crippen molar-refractivity contribution in [3.63, 3.8) is 0 Å². The van der Waals surface area contributed by atoms with Crippen molar-refractivity contribution in [2.45, 2.75) is 374 Å². The molecule has 0 saturated carbocycles. The predicted octanol–water partition coefficient (Wildman–Crippen LogP) is 22.8. The van der Waals surface area contributed by atoms with Crippen LogP contribution in [0.1, 0.15) is 367 Å². The highest BCUT2D eigenvalue weighted by molar-refractivity contribution is 5.71. The molecule has 0 N–H and O–H groups in total. The molecule has 0 aromatic rings. The highest BCUT2D eigenvalue weighted by Crippen LogP contribution is 2.18. The molecule has 0 aromatic heterocycles. The molecule has 0 aliphatic carbocycles. The monoisotopic (exact) mass is 1050 g/mol. The highest BCUT2D eigenvalue weighted by Gasteiger charge is 2.19. The molecule has 0 heterocycles. The van der Waals surface area contributed by atoms with E-state index >= 15 is 0 Å². The molecule has 1 unspecified atom stereocenters. The summed E-state index contributed by atoms with van der Waals surface area (Å²) in [5.74, 6) is -0.861. The van der Waals surface area contributed by atoms with E-state index in [9.17, 15) is 14.4 Å². The first-order valence-corrected chi connectivity index (χ1v) is 33.5. The van der Waals surface area contributed by atoms with Crippen molar-refractivity contribution in [3.8, 4) is 0 Å². The highest BCUT2D eigenvalue weighted by atomic mass is 16.6. The minimum Gasteiger partial charge on any atom is -0.462 e. The lowest BCUT2D eigenvalue weighted by Crippen LogP contribution is -2.30.